The van der Waals surface area contributed by atoms with Crippen LogP contribution in [0.3, 0.4) is 0 Å². The number of furan rings is 1. The minimum Gasteiger partial charge on any atom is -0.463 e. The first-order valence-corrected chi connectivity index (χ1v) is 7.30. The Bertz CT molecular complexity index is 770. The molecule has 0 fully saturated rings. The average molecular weight is 311 g/mol. The molecule has 0 radical (unpaired) electrons. The van der Waals surface area contributed by atoms with Crippen LogP contribution in [0.25, 0.3) is 11.5 Å². The van der Waals surface area contributed by atoms with Gasteiger partial charge in [0.1, 0.15) is 11.5 Å². The number of pyridine rings is 1. The van der Waals surface area contributed by atoms with E-state index in [4.69, 9.17) is 8.94 Å². The summed E-state index contributed by atoms with van der Waals surface area (Å²) in [5, 5.41) is 6.72. The summed E-state index contributed by atoms with van der Waals surface area (Å²) >= 11 is 0. The number of aryl methyl sites for hydroxylation is 2. The standard InChI is InChI=1S/C17H17N3O3/c1-11-14(12(2)23-20-11)8-17(21)19-10-13-5-6-15(18-9-13)16-4-3-7-22-16/h3-7,9H,8,10H2,1-2H3,(H,19,21). The van der Waals surface area contributed by atoms with Crippen molar-refractivity contribution in [2.75, 3.05) is 0 Å². The SMILES string of the molecule is Cc1noc(C)c1CC(=O)NCc1ccc(-c2ccco2)nc1. The lowest BCUT2D eigenvalue weighted by Gasteiger charge is -2.05. The van der Waals surface area contributed by atoms with E-state index in [-0.39, 0.29) is 12.3 Å². The second-order valence-corrected chi connectivity index (χ2v) is 5.29. The van der Waals surface area contributed by atoms with Crippen LogP contribution >= 0.6 is 0 Å². The molecule has 0 saturated carbocycles. The molecule has 0 aliphatic heterocycles. The first-order valence-electron chi connectivity index (χ1n) is 7.30. The van der Waals surface area contributed by atoms with Crippen molar-refractivity contribution in [3.8, 4) is 11.5 Å². The third-order valence-corrected chi connectivity index (χ3v) is 3.61. The molecule has 3 aromatic rings. The van der Waals surface area contributed by atoms with E-state index >= 15 is 0 Å². The average Bonchev–Trinajstić information content (AvgIpc) is 3.19. The van der Waals surface area contributed by atoms with E-state index in [1.165, 1.54) is 0 Å². The number of nitrogens with one attached hydrogen (secondary N) is 1. The highest BCUT2D eigenvalue weighted by Gasteiger charge is 2.13. The first kappa shape index (κ1) is 15.0. The Morgan fingerprint density at radius 3 is 2.74 bits per heavy atom. The zero-order chi connectivity index (χ0) is 16.2. The minimum atomic E-state index is -0.0745. The Kier molecular flexibility index (Phi) is 4.23. The molecule has 3 aromatic heterocycles. The number of amides is 1. The van der Waals surface area contributed by atoms with Crippen LogP contribution in [0.15, 0.2) is 45.7 Å². The fourth-order valence-electron chi connectivity index (χ4n) is 2.28. The lowest BCUT2D eigenvalue weighted by Crippen LogP contribution is -2.25. The maximum absolute atomic E-state index is 12.0. The van der Waals surface area contributed by atoms with Crippen molar-refractivity contribution in [3.05, 3.63) is 59.3 Å². The van der Waals surface area contributed by atoms with Crippen molar-refractivity contribution >= 4 is 5.91 Å². The molecule has 118 valence electrons. The number of carbonyl (C=O) groups excluding carboxylic acids is 1. The summed E-state index contributed by atoms with van der Waals surface area (Å²) in [5.41, 5.74) is 3.28. The lowest BCUT2D eigenvalue weighted by atomic mass is 10.1. The molecule has 6 heteroatoms. The van der Waals surface area contributed by atoms with Crippen molar-refractivity contribution in [3.63, 3.8) is 0 Å². The maximum Gasteiger partial charge on any atom is 0.224 e. The number of hydrogen-bond acceptors (Lipinski definition) is 5. The van der Waals surface area contributed by atoms with Crippen LogP contribution in [0.1, 0.15) is 22.6 Å². The van der Waals surface area contributed by atoms with Crippen molar-refractivity contribution in [2.45, 2.75) is 26.8 Å². The number of aromatic nitrogens is 2. The summed E-state index contributed by atoms with van der Waals surface area (Å²) in [6, 6.07) is 7.46. The van der Waals surface area contributed by atoms with Gasteiger partial charge in [-0.25, -0.2) is 0 Å². The third kappa shape index (κ3) is 3.48. The Labute approximate surface area is 133 Å². The molecule has 0 bridgehead atoms. The van der Waals surface area contributed by atoms with Gasteiger partial charge < -0.3 is 14.3 Å². The van der Waals surface area contributed by atoms with Crippen LogP contribution in [0, 0.1) is 13.8 Å². The Hall–Kier alpha value is -2.89. The van der Waals surface area contributed by atoms with E-state index in [0.717, 1.165) is 28.3 Å². The first-order chi connectivity index (χ1) is 11.1. The molecule has 0 aliphatic carbocycles. The number of carbonyl (C=O) groups is 1. The van der Waals surface area contributed by atoms with E-state index < -0.39 is 0 Å². The van der Waals surface area contributed by atoms with Gasteiger partial charge in [-0.1, -0.05) is 11.2 Å². The van der Waals surface area contributed by atoms with Crippen molar-refractivity contribution in [1.82, 2.24) is 15.5 Å². The van der Waals surface area contributed by atoms with E-state index in [9.17, 15) is 4.79 Å². The molecule has 3 heterocycles. The minimum absolute atomic E-state index is 0.0745. The highest BCUT2D eigenvalue weighted by molar-refractivity contribution is 5.79. The van der Waals surface area contributed by atoms with E-state index in [0.29, 0.717) is 12.3 Å². The van der Waals surface area contributed by atoms with Gasteiger partial charge in [0.25, 0.3) is 0 Å². The van der Waals surface area contributed by atoms with Gasteiger partial charge in [0.05, 0.1) is 18.4 Å². The van der Waals surface area contributed by atoms with Gasteiger partial charge in [0, 0.05) is 18.3 Å². The van der Waals surface area contributed by atoms with Gasteiger partial charge in [0.2, 0.25) is 5.91 Å². The van der Waals surface area contributed by atoms with Crippen LogP contribution in [0.5, 0.6) is 0 Å². The summed E-state index contributed by atoms with van der Waals surface area (Å²) in [6.07, 6.45) is 3.60. The summed E-state index contributed by atoms with van der Waals surface area (Å²) in [5.74, 6) is 1.33. The largest absolute Gasteiger partial charge is 0.463 e. The molecule has 0 aromatic carbocycles. The van der Waals surface area contributed by atoms with Crippen molar-refractivity contribution in [2.24, 2.45) is 0 Å². The number of rotatable bonds is 5. The van der Waals surface area contributed by atoms with Gasteiger partial charge in [-0.15, -0.1) is 0 Å². The van der Waals surface area contributed by atoms with Crippen LogP contribution in [0.4, 0.5) is 0 Å². The number of hydrogen-bond donors (Lipinski definition) is 1. The summed E-state index contributed by atoms with van der Waals surface area (Å²) in [6.45, 7) is 4.06. The van der Waals surface area contributed by atoms with Gasteiger partial charge >= 0.3 is 0 Å². The molecular weight excluding hydrogens is 294 g/mol. The summed E-state index contributed by atoms with van der Waals surface area (Å²) in [4.78, 5) is 16.4. The van der Waals surface area contributed by atoms with E-state index in [1.807, 2.05) is 31.2 Å². The smallest absolute Gasteiger partial charge is 0.224 e. The van der Waals surface area contributed by atoms with E-state index in [2.05, 4.69) is 15.5 Å². The third-order valence-electron chi connectivity index (χ3n) is 3.61. The highest BCUT2D eigenvalue weighted by Crippen LogP contribution is 2.17. The van der Waals surface area contributed by atoms with Crippen LogP contribution in [-0.4, -0.2) is 16.0 Å². The lowest BCUT2D eigenvalue weighted by molar-refractivity contribution is -0.120. The fraction of sp³-hybridized carbons (Fsp3) is 0.235. The Morgan fingerprint density at radius 2 is 2.13 bits per heavy atom. The maximum atomic E-state index is 12.0. The molecule has 0 unspecified atom stereocenters. The van der Waals surface area contributed by atoms with Gasteiger partial charge in [-0.05, 0) is 37.6 Å². The summed E-state index contributed by atoms with van der Waals surface area (Å²) < 4.78 is 10.4. The molecule has 23 heavy (non-hydrogen) atoms. The zero-order valence-corrected chi connectivity index (χ0v) is 13.0. The molecule has 1 N–H and O–H groups in total. The molecule has 1 amide bonds. The molecule has 0 aliphatic rings. The summed E-state index contributed by atoms with van der Waals surface area (Å²) in [7, 11) is 0. The van der Waals surface area contributed by atoms with Crippen LogP contribution in [-0.2, 0) is 17.8 Å². The number of nitrogens with zero attached hydrogens (tertiary/aromatic N) is 2. The molecule has 0 spiro atoms. The molecular formula is C17H17N3O3. The zero-order valence-electron chi connectivity index (χ0n) is 13.0. The molecule has 0 atom stereocenters. The van der Waals surface area contributed by atoms with Crippen LogP contribution < -0.4 is 5.32 Å². The van der Waals surface area contributed by atoms with E-state index in [1.54, 1.807) is 19.4 Å². The topological polar surface area (TPSA) is 81.2 Å². The normalized spacial score (nSPS) is 10.7. The van der Waals surface area contributed by atoms with Crippen molar-refractivity contribution in [1.29, 1.82) is 0 Å². The second-order valence-electron chi connectivity index (χ2n) is 5.29. The Morgan fingerprint density at radius 1 is 1.26 bits per heavy atom. The second kappa shape index (κ2) is 6.48. The monoisotopic (exact) mass is 311 g/mol. The molecule has 6 nitrogen and oxygen atoms in total. The Balaban J connectivity index is 1.57. The van der Waals surface area contributed by atoms with Crippen molar-refractivity contribution < 1.29 is 13.7 Å². The molecule has 0 saturated heterocycles. The van der Waals surface area contributed by atoms with Gasteiger partial charge in [-0.3, -0.25) is 9.78 Å². The van der Waals surface area contributed by atoms with Gasteiger partial charge in [-0.2, -0.15) is 0 Å². The highest BCUT2D eigenvalue weighted by atomic mass is 16.5. The van der Waals surface area contributed by atoms with Gasteiger partial charge in [0.15, 0.2) is 5.76 Å². The quantitative estimate of drug-likeness (QED) is 0.783. The van der Waals surface area contributed by atoms with Crippen LogP contribution in [0.2, 0.25) is 0 Å². The molecule has 3 rings (SSSR count). The predicted octanol–water partition coefficient (Wildman–Crippen LogP) is 2.81. The fourth-order valence-corrected chi connectivity index (χ4v) is 2.28. The predicted molar refractivity (Wildman–Crippen MR) is 83.5 cm³/mol.